The Balaban J connectivity index is 1.82. The van der Waals surface area contributed by atoms with Gasteiger partial charge in [-0.05, 0) is 69.0 Å². The third-order valence-electron chi connectivity index (χ3n) is 4.86. The summed E-state index contributed by atoms with van der Waals surface area (Å²) in [7, 11) is -2.72. The molecule has 2 aromatic carbocycles. The van der Waals surface area contributed by atoms with E-state index in [0.717, 1.165) is 22.7 Å². The van der Waals surface area contributed by atoms with Crippen LogP contribution in [0, 0.1) is 26.7 Å². The molecule has 0 spiro atoms. The van der Waals surface area contributed by atoms with Gasteiger partial charge >= 0.3 is 0 Å². The van der Waals surface area contributed by atoms with E-state index in [1.54, 1.807) is 38.1 Å². The Morgan fingerprint density at radius 3 is 2.04 bits per heavy atom. The van der Waals surface area contributed by atoms with Crippen LogP contribution in [0.4, 0.5) is 5.69 Å². The van der Waals surface area contributed by atoms with Crippen molar-refractivity contribution in [2.75, 3.05) is 12.4 Å². The molecular formula is C21H24N2O4S. The van der Waals surface area contributed by atoms with Gasteiger partial charge in [-0.3, -0.25) is 9.59 Å². The molecule has 0 atom stereocenters. The molecule has 0 bridgehead atoms. The van der Waals surface area contributed by atoms with Crippen LogP contribution in [0.1, 0.15) is 39.9 Å². The van der Waals surface area contributed by atoms with E-state index < -0.39 is 15.9 Å². The van der Waals surface area contributed by atoms with Crippen LogP contribution in [0.5, 0.6) is 0 Å². The highest BCUT2D eigenvalue weighted by atomic mass is 32.2. The Morgan fingerprint density at radius 1 is 1.00 bits per heavy atom. The van der Waals surface area contributed by atoms with Gasteiger partial charge in [0.15, 0.2) is 0 Å². The number of aryl methyl sites for hydroxylation is 3. The molecule has 6 nitrogen and oxygen atoms in total. The van der Waals surface area contributed by atoms with Gasteiger partial charge in [-0.1, -0.05) is 17.7 Å². The molecule has 0 radical (unpaired) electrons. The fourth-order valence-corrected chi connectivity index (χ4v) is 4.82. The molecule has 3 rings (SSSR count). The quantitative estimate of drug-likeness (QED) is 0.834. The first-order valence-electron chi connectivity index (χ1n) is 9.13. The smallest absolute Gasteiger partial charge is 0.267 e. The van der Waals surface area contributed by atoms with Crippen LogP contribution in [0.25, 0.3) is 0 Å². The van der Waals surface area contributed by atoms with E-state index in [9.17, 15) is 18.0 Å². The second kappa shape index (κ2) is 7.39. The Hall–Kier alpha value is -2.67. The number of hydrogen-bond donors (Lipinski definition) is 1. The topological polar surface area (TPSA) is 83.6 Å². The number of amides is 2. The van der Waals surface area contributed by atoms with Gasteiger partial charge in [-0.2, -0.15) is 0 Å². The Morgan fingerprint density at radius 2 is 1.54 bits per heavy atom. The third-order valence-corrected chi connectivity index (χ3v) is 6.90. The Bertz CT molecular complexity index is 1020. The molecule has 148 valence electrons. The number of rotatable bonds is 5. The highest BCUT2D eigenvalue weighted by Gasteiger charge is 2.31. The molecule has 0 unspecified atom stereocenters. The van der Waals surface area contributed by atoms with Crippen molar-refractivity contribution in [3.63, 3.8) is 0 Å². The van der Waals surface area contributed by atoms with Gasteiger partial charge in [0.05, 0.1) is 4.90 Å². The minimum absolute atomic E-state index is 0.0240. The van der Waals surface area contributed by atoms with Crippen molar-refractivity contribution < 1.29 is 18.0 Å². The fraction of sp³-hybridized carbons (Fsp3) is 0.333. The molecule has 0 aromatic heterocycles. The maximum atomic E-state index is 13.0. The molecule has 7 heteroatoms. The molecule has 1 fully saturated rings. The molecule has 0 aliphatic heterocycles. The molecule has 1 N–H and O–H groups in total. The normalized spacial score (nSPS) is 13.9. The zero-order valence-electron chi connectivity index (χ0n) is 16.4. The summed E-state index contributed by atoms with van der Waals surface area (Å²) >= 11 is 0. The second-order valence-electron chi connectivity index (χ2n) is 7.35. The molecule has 1 aliphatic rings. The number of anilines is 1. The number of hydrogen-bond acceptors (Lipinski definition) is 4. The molecule has 1 saturated carbocycles. The van der Waals surface area contributed by atoms with Gasteiger partial charge in [0.2, 0.25) is 5.91 Å². The summed E-state index contributed by atoms with van der Waals surface area (Å²) < 4.78 is 26.9. The monoisotopic (exact) mass is 400 g/mol. The molecule has 0 heterocycles. The number of carbonyl (C=O) groups is 2. The molecule has 0 saturated heterocycles. The first-order chi connectivity index (χ1) is 13.1. The minimum Gasteiger partial charge on any atom is -0.326 e. The zero-order valence-corrected chi connectivity index (χ0v) is 17.3. The van der Waals surface area contributed by atoms with Crippen LogP contribution in [-0.2, 0) is 14.8 Å². The van der Waals surface area contributed by atoms with E-state index in [4.69, 9.17) is 0 Å². The lowest BCUT2D eigenvalue weighted by Crippen LogP contribution is -2.34. The van der Waals surface area contributed by atoms with Gasteiger partial charge < -0.3 is 5.32 Å². The number of benzene rings is 2. The Kier molecular flexibility index (Phi) is 5.30. The van der Waals surface area contributed by atoms with Crippen LogP contribution in [0.15, 0.2) is 41.3 Å². The highest BCUT2D eigenvalue weighted by Crippen LogP contribution is 2.30. The molecular weight excluding hydrogens is 376 g/mol. The van der Waals surface area contributed by atoms with Gasteiger partial charge in [-0.15, -0.1) is 0 Å². The van der Waals surface area contributed by atoms with Crippen molar-refractivity contribution in [2.45, 2.75) is 38.5 Å². The summed E-state index contributed by atoms with van der Waals surface area (Å²) in [6, 6.07) is 9.83. The highest BCUT2D eigenvalue weighted by molar-refractivity contribution is 7.89. The molecule has 2 amide bonds. The summed E-state index contributed by atoms with van der Waals surface area (Å²) in [5.41, 5.74) is 3.00. The molecule has 1 aliphatic carbocycles. The molecule has 28 heavy (non-hydrogen) atoms. The Labute approximate surface area is 165 Å². The van der Waals surface area contributed by atoms with Gasteiger partial charge in [-0.25, -0.2) is 12.7 Å². The van der Waals surface area contributed by atoms with E-state index in [-0.39, 0.29) is 22.3 Å². The van der Waals surface area contributed by atoms with Gasteiger partial charge in [0.25, 0.3) is 15.9 Å². The number of sulfonamides is 1. The van der Waals surface area contributed by atoms with Crippen LogP contribution >= 0.6 is 0 Å². The van der Waals surface area contributed by atoms with Gasteiger partial charge in [0.1, 0.15) is 0 Å². The van der Waals surface area contributed by atoms with Crippen molar-refractivity contribution >= 4 is 27.5 Å². The first kappa shape index (κ1) is 20.1. The van der Waals surface area contributed by atoms with Crippen LogP contribution in [0.3, 0.4) is 0 Å². The largest absolute Gasteiger partial charge is 0.326 e. The van der Waals surface area contributed by atoms with Crippen LogP contribution < -0.4 is 5.32 Å². The van der Waals surface area contributed by atoms with Crippen molar-refractivity contribution in [3.05, 3.63) is 58.7 Å². The van der Waals surface area contributed by atoms with E-state index in [1.165, 1.54) is 19.2 Å². The predicted molar refractivity (Wildman–Crippen MR) is 108 cm³/mol. The van der Waals surface area contributed by atoms with Crippen molar-refractivity contribution in [1.82, 2.24) is 4.31 Å². The van der Waals surface area contributed by atoms with Crippen LogP contribution in [0.2, 0.25) is 0 Å². The summed E-state index contributed by atoms with van der Waals surface area (Å²) in [5.74, 6) is -0.567. The minimum atomic E-state index is -3.98. The summed E-state index contributed by atoms with van der Waals surface area (Å²) in [6.45, 7) is 5.35. The number of carbonyl (C=O) groups excluding carboxylic acids is 2. The maximum Gasteiger partial charge on any atom is 0.267 e. The van der Waals surface area contributed by atoms with E-state index >= 15 is 0 Å². The lowest BCUT2D eigenvalue weighted by Gasteiger charge is -2.21. The van der Waals surface area contributed by atoms with E-state index in [0.29, 0.717) is 16.8 Å². The SMILES string of the molecule is Cc1cc(C)c(S(=O)(=O)N(C)C(=O)c2ccc(NC(=O)C3CC3)cc2)c(C)c1. The number of nitrogens with one attached hydrogen (secondary N) is 1. The van der Waals surface area contributed by atoms with E-state index in [2.05, 4.69) is 5.32 Å². The average Bonchev–Trinajstić information content (AvgIpc) is 3.45. The predicted octanol–water partition coefficient (Wildman–Crippen LogP) is 3.42. The summed E-state index contributed by atoms with van der Waals surface area (Å²) in [6.07, 6.45) is 1.81. The van der Waals surface area contributed by atoms with Crippen molar-refractivity contribution in [3.8, 4) is 0 Å². The summed E-state index contributed by atoms with van der Waals surface area (Å²) in [4.78, 5) is 24.7. The lowest BCUT2D eigenvalue weighted by molar-refractivity contribution is -0.117. The summed E-state index contributed by atoms with van der Waals surface area (Å²) in [5, 5.41) is 2.79. The fourth-order valence-electron chi connectivity index (χ4n) is 3.29. The average molecular weight is 401 g/mol. The van der Waals surface area contributed by atoms with Gasteiger partial charge in [0, 0.05) is 24.2 Å². The lowest BCUT2D eigenvalue weighted by atomic mass is 10.1. The third kappa shape index (κ3) is 3.94. The van der Waals surface area contributed by atoms with Crippen molar-refractivity contribution in [1.29, 1.82) is 0 Å². The number of nitrogens with zero attached hydrogens (tertiary/aromatic N) is 1. The maximum absolute atomic E-state index is 13.0. The molecule has 2 aromatic rings. The standard InChI is InChI=1S/C21H24N2O4S/c1-13-11-14(2)19(15(3)12-13)28(26,27)23(4)21(25)17-7-9-18(10-8-17)22-20(24)16-5-6-16/h7-12,16H,5-6H2,1-4H3,(H,22,24). The first-order valence-corrected chi connectivity index (χ1v) is 10.6. The zero-order chi connectivity index (χ0) is 20.6. The second-order valence-corrected chi connectivity index (χ2v) is 9.25. The van der Waals surface area contributed by atoms with Crippen LogP contribution in [-0.4, -0.2) is 31.6 Å². The van der Waals surface area contributed by atoms with E-state index in [1.807, 2.05) is 6.92 Å². The van der Waals surface area contributed by atoms with Crippen molar-refractivity contribution in [2.24, 2.45) is 5.92 Å².